The van der Waals surface area contributed by atoms with Gasteiger partial charge in [0.05, 0.1) is 22.9 Å². The smallest absolute Gasteiger partial charge is 0.244 e. The Balaban J connectivity index is 1.80. The number of nitrogens with zero attached hydrogens (tertiary/aromatic N) is 2. The number of amides is 1. The second-order valence-electron chi connectivity index (χ2n) is 5.89. The normalized spacial score (nSPS) is 17.0. The number of carbonyl (C=O) groups is 1. The van der Waals surface area contributed by atoms with E-state index in [2.05, 4.69) is 25.7 Å². The monoisotopic (exact) mass is 287 g/mol. The Morgan fingerprint density at radius 2 is 2.10 bits per heavy atom. The van der Waals surface area contributed by atoms with E-state index in [1.807, 2.05) is 32.0 Å². The number of anilines is 1. The highest BCUT2D eigenvalue weighted by molar-refractivity contribution is 6.04. The summed E-state index contributed by atoms with van der Waals surface area (Å²) in [6.45, 7) is 7.57. The molecule has 0 saturated carbocycles. The summed E-state index contributed by atoms with van der Waals surface area (Å²) in [6, 6.07) is 5.76. The zero-order chi connectivity index (χ0) is 14.9. The van der Waals surface area contributed by atoms with E-state index < -0.39 is 5.54 Å². The van der Waals surface area contributed by atoms with Crippen molar-refractivity contribution in [1.29, 1.82) is 0 Å². The molecule has 3 N–H and O–H groups in total. The molecule has 6 nitrogen and oxygen atoms in total. The van der Waals surface area contributed by atoms with Crippen LogP contribution in [0.3, 0.4) is 0 Å². The molecule has 1 aromatic heterocycles. The maximum absolute atomic E-state index is 12.7. The summed E-state index contributed by atoms with van der Waals surface area (Å²) < 4.78 is 0. The van der Waals surface area contributed by atoms with Crippen molar-refractivity contribution in [2.75, 3.05) is 31.5 Å². The number of benzene rings is 1. The van der Waals surface area contributed by atoms with Gasteiger partial charge in [0, 0.05) is 31.6 Å². The van der Waals surface area contributed by atoms with Crippen molar-refractivity contribution < 1.29 is 4.79 Å². The van der Waals surface area contributed by atoms with Crippen molar-refractivity contribution in [3.63, 3.8) is 0 Å². The van der Waals surface area contributed by atoms with Crippen LogP contribution in [0.1, 0.15) is 13.8 Å². The maximum atomic E-state index is 12.7. The molecule has 0 radical (unpaired) electrons. The molecular formula is C15H21N5O. The standard InChI is InChI=1S/C15H21N5O/c1-15(2,20-8-6-16-7-9-20)14(21)18-12-4-3-5-13-11(12)10-17-19-13/h3-5,10,16H,6-9H2,1-2H3,(H,17,19)(H,18,21). The molecule has 112 valence electrons. The van der Waals surface area contributed by atoms with E-state index in [-0.39, 0.29) is 5.91 Å². The van der Waals surface area contributed by atoms with Gasteiger partial charge >= 0.3 is 0 Å². The van der Waals surface area contributed by atoms with Gasteiger partial charge in [-0.05, 0) is 26.0 Å². The van der Waals surface area contributed by atoms with E-state index in [0.717, 1.165) is 42.8 Å². The minimum Gasteiger partial charge on any atom is -0.324 e. The quantitative estimate of drug-likeness (QED) is 0.793. The number of H-pyrrole nitrogens is 1. The number of fused-ring (bicyclic) bond motifs is 1. The highest BCUT2D eigenvalue weighted by atomic mass is 16.2. The number of hydrogen-bond donors (Lipinski definition) is 3. The summed E-state index contributed by atoms with van der Waals surface area (Å²) in [6.07, 6.45) is 1.74. The van der Waals surface area contributed by atoms with Crippen LogP contribution in [0.5, 0.6) is 0 Å². The van der Waals surface area contributed by atoms with E-state index in [0.29, 0.717) is 0 Å². The summed E-state index contributed by atoms with van der Waals surface area (Å²) in [5, 5.41) is 14.2. The van der Waals surface area contributed by atoms with Crippen molar-refractivity contribution in [3.05, 3.63) is 24.4 Å². The zero-order valence-electron chi connectivity index (χ0n) is 12.4. The number of nitrogens with one attached hydrogen (secondary N) is 3. The topological polar surface area (TPSA) is 73.0 Å². The van der Waals surface area contributed by atoms with E-state index in [1.165, 1.54) is 0 Å². The first kappa shape index (κ1) is 14.0. The molecule has 1 fully saturated rings. The third kappa shape index (κ3) is 2.64. The minimum atomic E-state index is -0.534. The average molecular weight is 287 g/mol. The number of hydrogen-bond acceptors (Lipinski definition) is 4. The fourth-order valence-corrected chi connectivity index (χ4v) is 2.72. The molecule has 0 bridgehead atoms. The molecule has 6 heteroatoms. The molecule has 21 heavy (non-hydrogen) atoms. The molecular weight excluding hydrogens is 266 g/mol. The van der Waals surface area contributed by atoms with Gasteiger partial charge in [0.15, 0.2) is 0 Å². The second-order valence-corrected chi connectivity index (χ2v) is 5.89. The predicted molar refractivity (Wildman–Crippen MR) is 83.2 cm³/mol. The number of aromatic amines is 1. The van der Waals surface area contributed by atoms with Crippen LogP contribution < -0.4 is 10.6 Å². The largest absolute Gasteiger partial charge is 0.324 e. The van der Waals surface area contributed by atoms with Gasteiger partial charge in [-0.25, -0.2) is 0 Å². The number of rotatable bonds is 3. The van der Waals surface area contributed by atoms with Crippen LogP contribution in [0.25, 0.3) is 10.9 Å². The van der Waals surface area contributed by atoms with Gasteiger partial charge in [-0.2, -0.15) is 5.10 Å². The SMILES string of the molecule is CC(C)(C(=O)Nc1cccc2[nH]ncc12)N1CCNCC1. The first-order valence-corrected chi connectivity index (χ1v) is 7.28. The Labute approximate surface area is 123 Å². The highest BCUT2D eigenvalue weighted by Crippen LogP contribution is 2.24. The molecule has 1 aliphatic rings. The van der Waals surface area contributed by atoms with E-state index >= 15 is 0 Å². The van der Waals surface area contributed by atoms with Gasteiger partial charge in [-0.3, -0.25) is 14.8 Å². The number of piperazine rings is 1. The Hall–Kier alpha value is -1.92. The van der Waals surface area contributed by atoms with E-state index in [4.69, 9.17) is 0 Å². The van der Waals surface area contributed by atoms with Gasteiger partial charge in [0.2, 0.25) is 5.91 Å². The fraction of sp³-hybridized carbons (Fsp3) is 0.467. The van der Waals surface area contributed by atoms with Gasteiger partial charge in [0.25, 0.3) is 0 Å². The average Bonchev–Trinajstić information content (AvgIpc) is 2.97. The lowest BCUT2D eigenvalue weighted by Gasteiger charge is -2.39. The first-order chi connectivity index (χ1) is 10.1. The lowest BCUT2D eigenvalue weighted by molar-refractivity contribution is -0.126. The van der Waals surface area contributed by atoms with Gasteiger partial charge in [-0.15, -0.1) is 0 Å². The first-order valence-electron chi connectivity index (χ1n) is 7.28. The van der Waals surface area contributed by atoms with E-state index in [9.17, 15) is 4.79 Å². The third-order valence-corrected chi connectivity index (χ3v) is 4.20. The van der Waals surface area contributed by atoms with Crippen molar-refractivity contribution in [2.45, 2.75) is 19.4 Å². The van der Waals surface area contributed by atoms with Gasteiger partial charge in [-0.1, -0.05) is 6.07 Å². The minimum absolute atomic E-state index is 0.0121. The Bertz CT molecular complexity index is 642. The van der Waals surface area contributed by atoms with Crippen molar-refractivity contribution in [1.82, 2.24) is 20.4 Å². The molecule has 1 aromatic carbocycles. The molecule has 0 spiro atoms. The summed E-state index contributed by atoms with van der Waals surface area (Å²) in [5.74, 6) is 0.0121. The maximum Gasteiger partial charge on any atom is 0.244 e. The summed E-state index contributed by atoms with van der Waals surface area (Å²) in [5.41, 5.74) is 1.19. The predicted octanol–water partition coefficient (Wildman–Crippen LogP) is 1.19. The molecule has 1 amide bonds. The molecule has 2 aromatic rings. The van der Waals surface area contributed by atoms with Crippen LogP contribution in [-0.2, 0) is 4.79 Å². The van der Waals surface area contributed by atoms with Crippen LogP contribution in [-0.4, -0.2) is 52.7 Å². The third-order valence-electron chi connectivity index (χ3n) is 4.20. The Kier molecular flexibility index (Phi) is 3.65. The van der Waals surface area contributed by atoms with Crippen molar-refractivity contribution >= 4 is 22.5 Å². The zero-order valence-corrected chi connectivity index (χ0v) is 12.4. The van der Waals surface area contributed by atoms with Crippen LogP contribution >= 0.6 is 0 Å². The molecule has 0 atom stereocenters. The molecule has 2 heterocycles. The van der Waals surface area contributed by atoms with Crippen LogP contribution in [0.2, 0.25) is 0 Å². The van der Waals surface area contributed by atoms with Crippen molar-refractivity contribution in [3.8, 4) is 0 Å². The van der Waals surface area contributed by atoms with Gasteiger partial charge < -0.3 is 10.6 Å². The van der Waals surface area contributed by atoms with Crippen LogP contribution in [0, 0.1) is 0 Å². The molecule has 1 aliphatic heterocycles. The summed E-state index contributed by atoms with van der Waals surface area (Å²) in [4.78, 5) is 14.9. The van der Waals surface area contributed by atoms with Crippen LogP contribution in [0.15, 0.2) is 24.4 Å². The fourth-order valence-electron chi connectivity index (χ4n) is 2.72. The van der Waals surface area contributed by atoms with Crippen molar-refractivity contribution in [2.24, 2.45) is 0 Å². The van der Waals surface area contributed by atoms with Gasteiger partial charge in [0.1, 0.15) is 0 Å². The number of aromatic nitrogens is 2. The lowest BCUT2D eigenvalue weighted by Crippen LogP contribution is -2.58. The molecule has 0 aliphatic carbocycles. The molecule has 3 rings (SSSR count). The second kappa shape index (κ2) is 5.46. The summed E-state index contributed by atoms with van der Waals surface area (Å²) >= 11 is 0. The molecule has 0 unspecified atom stereocenters. The Morgan fingerprint density at radius 3 is 2.86 bits per heavy atom. The number of carbonyl (C=O) groups excluding carboxylic acids is 1. The van der Waals surface area contributed by atoms with Crippen LogP contribution in [0.4, 0.5) is 5.69 Å². The van der Waals surface area contributed by atoms with E-state index in [1.54, 1.807) is 6.20 Å². The lowest BCUT2D eigenvalue weighted by atomic mass is 10.00. The summed E-state index contributed by atoms with van der Waals surface area (Å²) in [7, 11) is 0. The molecule has 1 saturated heterocycles. The highest BCUT2D eigenvalue weighted by Gasteiger charge is 2.35. The Morgan fingerprint density at radius 1 is 1.33 bits per heavy atom.